The first-order chi connectivity index (χ1) is 14.6. The van der Waals surface area contributed by atoms with Crippen LogP contribution < -0.4 is 4.74 Å². The van der Waals surface area contributed by atoms with Gasteiger partial charge >= 0.3 is 0 Å². The predicted molar refractivity (Wildman–Crippen MR) is 124 cm³/mol. The zero-order valence-corrected chi connectivity index (χ0v) is 17.2. The Balaban J connectivity index is 1.52. The molecule has 0 atom stereocenters. The molecule has 0 bridgehead atoms. The van der Waals surface area contributed by atoms with E-state index >= 15 is 0 Å². The number of benzene rings is 2. The standard InChI is InChI=1S/C25H20ClN3O/c1-16-7-9-20(27-16)13-24-25(30-15-17-5-3-2-4-6-17)14-23(29-24)22-12-18-11-19(26)8-10-21(18)28-22/h2-14,28-29H,15H2,1H3/b20-13-. The third kappa shape index (κ3) is 3.82. The number of halogens is 1. The van der Waals surface area contributed by atoms with Crippen LogP contribution in [0.4, 0.5) is 0 Å². The van der Waals surface area contributed by atoms with Crippen molar-refractivity contribution in [3.63, 3.8) is 0 Å². The zero-order valence-electron chi connectivity index (χ0n) is 16.4. The molecule has 2 N–H and O–H groups in total. The van der Waals surface area contributed by atoms with E-state index in [4.69, 9.17) is 16.3 Å². The van der Waals surface area contributed by atoms with Gasteiger partial charge in [0.15, 0.2) is 0 Å². The number of nitrogens with zero attached hydrogens (tertiary/aromatic N) is 1. The van der Waals surface area contributed by atoms with Crippen LogP contribution in [0.5, 0.6) is 5.75 Å². The lowest BCUT2D eigenvalue weighted by molar-refractivity contribution is 0.306. The van der Waals surface area contributed by atoms with Crippen molar-refractivity contribution in [2.75, 3.05) is 0 Å². The molecule has 0 aliphatic carbocycles. The minimum absolute atomic E-state index is 0.495. The van der Waals surface area contributed by atoms with Gasteiger partial charge in [-0.1, -0.05) is 41.9 Å². The molecule has 2 aromatic carbocycles. The summed E-state index contributed by atoms with van der Waals surface area (Å²) in [6.07, 6.45) is 6.01. The van der Waals surface area contributed by atoms with Crippen LogP contribution in [0.15, 0.2) is 83.5 Å². The lowest BCUT2D eigenvalue weighted by Gasteiger charge is -2.05. The summed E-state index contributed by atoms with van der Waals surface area (Å²) in [5.41, 5.74) is 6.85. The summed E-state index contributed by atoms with van der Waals surface area (Å²) in [4.78, 5) is 11.5. The van der Waals surface area contributed by atoms with E-state index in [1.54, 1.807) is 0 Å². The van der Waals surface area contributed by atoms with E-state index in [1.807, 2.05) is 67.6 Å². The Morgan fingerprint density at radius 1 is 0.967 bits per heavy atom. The van der Waals surface area contributed by atoms with Crippen molar-refractivity contribution in [1.82, 2.24) is 9.97 Å². The van der Waals surface area contributed by atoms with Crippen molar-refractivity contribution in [1.29, 1.82) is 0 Å². The van der Waals surface area contributed by atoms with Crippen LogP contribution >= 0.6 is 11.6 Å². The van der Waals surface area contributed by atoms with Crippen molar-refractivity contribution in [2.24, 2.45) is 4.99 Å². The molecule has 0 fully saturated rings. The Morgan fingerprint density at radius 2 is 1.80 bits per heavy atom. The van der Waals surface area contributed by atoms with Gasteiger partial charge in [0.2, 0.25) is 0 Å². The first-order valence-electron chi connectivity index (χ1n) is 9.77. The summed E-state index contributed by atoms with van der Waals surface area (Å²) in [5, 5.41) is 1.79. The van der Waals surface area contributed by atoms with Crippen LogP contribution in [0.1, 0.15) is 18.2 Å². The van der Waals surface area contributed by atoms with E-state index in [9.17, 15) is 0 Å². The zero-order chi connectivity index (χ0) is 20.5. The number of nitrogens with one attached hydrogen (secondary N) is 2. The minimum Gasteiger partial charge on any atom is -0.487 e. The fraction of sp³-hybridized carbons (Fsp3) is 0.0800. The summed E-state index contributed by atoms with van der Waals surface area (Å²) >= 11 is 6.14. The number of aliphatic imine (C=N–C) groups is 1. The van der Waals surface area contributed by atoms with Gasteiger partial charge in [-0.05, 0) is 55.0 Å². The third-order valence-corrected chi connectivity index (χ3v) is 5.25. The average molecular weight is 414 g/mol. The lowest BCUT2D eigenvalue weighted by Crippen LogP contribution is -1.95. The molecule has 0 unspecified atom stereocenters. The molecule has 4 nitrogen and oxygen atoms in total. The van der Waals surface area contributed by atoms with Gasteiger partial charge in [0, 0.05) is 27.7 Å². The number of allylic oxidation sites excluding steroid dienone is 2. The number of hydrogen-bond donors (Lipinski definition) is 2. The van der Waals surface area contributed by atoms with Crippen molar-refractivity contribution < 1.29 is 4.74 Å². The SMILES string of the molecule is CC1=N/C(=C\c2[nH]c(-c3cc4cc(Cl)ccc4[nH]3)cc2OCc2ccccc2)C=C1. The van der Waals surface area contributed by atoms with Gasteiger partial charge in [-0.3, -0.25) is 4.99 Å². The van der Waals surface area contributed by atoms with Gasteiger partial charge in [-0.25, -0.2) is 0 Å². The summed E-state index contributed by atoms with van der Waals surface area (Å²) in [6, 6.07) is 20.1. The number of hydrogen-bond acceptors (Lipinski definition) is 2. The number of fused-ring (bicyclic) bond motifs is 1. The predicted octanol–water partition coefficient (Wildman–Crippen LogP) is 6.77. The molecule has 5 heteroatoms. The molecule has 0 amide bonds. The molecule has 0 radical (unpaired) electrons. The Hall–Kier alpha value is -3.50. The van der Waals surface area contributed by atoms with Crippen molar-refractivity contribution in [3.05, 3.63) is 94.8 Å². The van der Waals surface area contributed by atoms with Crippen molar-refractivity contribution >= 4 is 34.3 Å². The second-order valence-electron chi connectivity index (χ2n) is 7.31. The van der Waals surface area contributed by atoms with Gasteiger partial charge < -0.3 is 14.7 Å². The summed E-state index contributed by atoms with van der Waals surface area (Å²) < 4.78 is 6.17. The Labute approximate surface area is 179 Å². The first-order valence-corrected chi connectivity index (χ1v) is 10.2. The third-order valence-electron chi connectivity index (χ3n) is 5.01. The molecular formula is C25H20ClN3O. The largest absolute Gasteiger partial charge is 0.487 e. The van der Waals surface area contributed by atoms with E-state index in [1.165, 1.54) is 0 Å². The van der Waals surface area contributed by atoms with Crippen LogP contribution in [0.25, 0.3) is 28.4 Å². The van der Waals surface area contributed by atoms with E-state index in [2.05, 4.69) is 33.2 Å². The van der Waals surface area contributed by atoms with Gasteiger partial charge in [0.25, 0.3) is 0 Å². The summed E-state index contributed by atoms with van der Waals surface area (Å²) in [7, 11) is 0. The molecule has 30 heavy (non-hydrogen) atoms. The molecule has 1 aliphatic heterocycles. The second kappa shape index (κ2) is 7.73. The topological polar surface area (TPSA) is 53.2 Å². The maximum Gasteiger partial charge on any atom is 0.145 e. The number of aromatic nitrogens is 2. The van der Waals surface area contributed by atoms with Crippen LogP contribution in [-0.2, 0) is 6.61 Å². The maximum atomic E-state index is 6.17. The number of aromatic amines is 2. The average Bonchev–Trinajstić information content (AvgIpc) is 3.45. The Bertz CT molecular complexity index is 1310. The molecule has 0 saturated heterocycles. The smallest absolute Gasteiger partial charge is 0.145 e. The molecule has 2 aromatic heterocycles. The highest BCUT2D eigenvalue weighted by Crippen LogP contribution is 2.32. The molecule has 148 valence electrons. The van der Waals surface area contributed by atoms with E-state index in [0.717, 1.165) is 55.7 Å². The quantitative estimate of drug-likeness (QED) is 0.372. The number of ether oxygens (including phenoxy) is 1. The molecular weight excluding hydrogens is 394 g/mol. The van der Waals surface area contributed by atoms with Crippen LogP contribution in [0.2, 0.25) is 5.02 Å². The van der Waals surface area contributed by atoms with E-state index in [0.29, 0.717) is 6.61 Å². The highest BCUT2D eigenvalue weighted by molar-refractivity contribution is 6.31. The monoisotopic (exact) mass is 413 g/mol. The van der Waals surface area contributed by atoms with Gasteiger partial charge in [-0.2, -0.15) is 0 Å². The second-order valence-corrected chi connectivity index (χ2v) is 7.74. The van der Waals surface area contributed by atoms with Crippen molar-refractivity contribution in [2.45, 2.75) is 13.5 Å². The Kier molecular flexibility index (Phi) is 4.77. The Morgan fingerprint density at radius 3 is 2.60 bits per heavy atom. The fourth-order valence-electron chi connectivity index (χ4n) is 3.52. The molecule has 5 rings (SSSR count). The van der Waals surface area contributed by atoms with Crippen LogP contribution in [-0.4, -0.2) is 15.7 Å². The first kappa shape index (κ1) is 18.5. The molecule has 0 spiro atoms. The highest BCUT2D eigenvalue weighted by Gasteiger charge is 2.13. The van der Waals surface area contributed by atoms with E-state index < -0.39 is 0 Å². The molecule has 3 heterocycles. The molecule has 4 aromatic rings. The number of rotatable bonds is 5. The molecule has 0 saturated carbocycles. The number of H-pyrrole nitrogens is 2. The van der Waals surface area contributed by atoms with Crippen molar-refractivity contribution in [3.8, 4) is 17.1 Å². The highest BCUT2D eigenvalue weighted by atomic mass is 35.5. The van der Waals surface area contributed by atoms with Crippen LogP contribution in [0, 0.1) is 0 Å². The molecule has 1 aliphatic rings. The van der Waals surface area contributed by atoms with Gasteiger partial charge in [0.1, 0.15) is 12.4 Å². The summed E-state index contributed by atoms with van der Waals surface area (Å²) in [5.74, 6) is 0.784. The minimum atomic E-state index is 0.495. The lowest BCUT2D eigenvalue weighted by atomic mass is 10.2. The normalized spacial score (nSPS) is 14.6. The van der Waals surface area contributed by atoms with Gasteiger partial charge in [0.05, 0.1) is 22.8 Å². The summed E-state index contributed by atoms with van der Waals surface area (Å²) in [6.45, 7) is 2.48. The maximum absolute atomic E-state index is 6.17. The van der Waals surface area contributed by atoms with Crippen LogP contribution in [0.3, 0.4) is 0 Å². The van der Waals surface area contributed by atoms with Gasteiger partial charge in [-0.15, -0.1) is 0 Å². The van der Waals surface area contributed by atoms with E-state index in [-0.39, 0.29) is 0 Å². The fourth-order valence-corrected chi connectivity index (χ4v) is 3.70.